The average molecular weight is 1080 g/mol. The van der Waals surface area contributed by atoms with Gasteiger partial charge in [0.1, 0.15) is 19.8 Å². The predicted octanol–water partition coefficient (Wildman–Crippen LogP) is 14.5. The molecule has 0 fully saturated rings. The summed E-state index contributed by atoms with van der Waals surface area (Å²) in [7, 11) is -3.49. The van der Waals surface area contributed by atoms with Crippen LogP contribution in [0.5, 0.6) is 0 Å². The van der Waals surface area contributed by atoms with Crippen molar-refractivity contribution in [1.82, 2.24) is 20.3 Å². The number of sulfone groups is 1. The molecule has 3 aromatic carbocycles. The molecular weight excluding hydrogens is 1020 g/mol. The van der Waals surface area contributed by atoms with Crippen LogP contribution in [0.15, 0.2) is 118 Å². The third-order valence-electron chi connectivity index (χ3n) is 8.82. The molecule has 356 valence electrons. The van der Waals surface area contributed by atoms with E-state index >= 15 is 0 Å². The van der Waals surface area contributed by atoms with Gasteiger partial charge in [-0.3, -0.25) is 0 Å². The number of nitrogens with two attached hydrogens (primary N) is 1. The van der Waals surface area contributed by atoms with E-state index in [1.807, 2.05) is 51.2 Å². The van der Waals surface area contributed by atoms with Crippen LogP contribution in [-0.2, 0) is 50.3 Å². The van der Waals surface area contributed by atoms with Gasteiger partial charge in [0.2, 0.25) is 9.84 Å². The minimum Gasteiger partial charge on any atom is -0.444 e. The number of halogens is 2. The number of carbonyl (C=O) groups excluding carboxylic acids is 1. The van der Waals surface area contributed by atoms with Gasteiger partial charge in [-0.25, -0.2) is 28.2 Å². The number of nitrogens with one attached hydrogen (secondary N) is 1. The highest BCUT2D eigenvalue weighted by Crippen LogP contribution is 2.34. The number of aryl methyl sites for hydroxylation is 1. The standard InChI is InChI=1S/C15H19NS2.C14H18N2O2S2.C10H14S.C9H13BrN2O2S.ClH/c1-5-13-16-10-14(18-13)17-12-8-6-11(7-9-12)15(2,3)4;1-14(2,3)10-4-6-11(7-5-10)20(17,18)13-9-16-12(8-15)19-13;1-10(2,3)8-4-6-9(11)7-5-8;1-9(2,3)14-8(13)12-5-7-11-4-6(10)15-7;/h6-10H,5H2,1-4H3;4-7,9H,8,15H2,1-3H3;4-7,11H,1-3H3;4H,5H2,1-3H3,(H,12,13);1H. The number of rotatable bonds is 8. The molecule has 0 aliphatic rings. The highest BCUT2D eigenvalue weighted by molar-refractivity contribution is 9.11. The molecule has 0 saturated heterocycles. The molecule has 3 N–H and O–H groups in total. The van der Waals surface area contributed by atoms with Crippen LogP contribution < -0.4 is 11.1 Å². The van der Waals surface area contributed by atoms with E-state index in [9.17, 15) is 13.2 Å². The first kappa shape index (κ1) is 58.3. The fourth-order valence-corrected chi connectivity index (χ4v) is 11.0. The Kier molecular flexibility index (Phi) is 22.9. The number of ether oxygens (including phenoxy) is 1. The Balaban J connectivity index is 0.000000302. The van der Waals surface area contributed by atoms with E-state index in [0.29, 0.717) is 11.6 Å². The minimum absolute atomic E-state index is 0. The number of hydrogen-bond donors (Lipinski definition) is 3. The lowest BCUT2D eigenvalue weighted by molar-refractivity contribution is 0.0523. The third kappa shape index (κ3) is 20.5. The second kappa shape index (κ2) is 25.5. The first-order valence-electron chi connectivity index (χ1n) is 20.7. The van der Waals surface area contributed by atoms with Crippen molar-refractivity contribution in [3.8, 4) is 0 Å². The van der Waals surface area contributed by atoms with Crippen molar-refractivity contribution in [2.75, 3.05) is 0 Å². The van der Waals surface area contributed by atoms with Gasteiger partial charge in [0.25, 0.3) is 0 Å². The fourth-order valence-electron chi connectivity index (χ4n) is 5.20. The van der Waals surface area contributed by atoms with Crippen LogP contribution in [0, 0.1) is 0 Å². The van der Waals surface area contributed by atoms with Gasteiger partial charge in [0, 0.05) is 16.3 Å². The fraction of sp³-hybridized carbons (Fsp3) is 0.417. The maximum Gasteiger partial charge on any atom is 0.408 e. The van der Waals surface area contributed by atoms with E-state index in [4.69, 9.17) is 10.5 Å². The largest absolute Gasteiger partial charge is 0.444 e. The number of aromatic nitrogens is 3. The molecule has 0 radical (unpaired) electrons. The van der Waals surface area contributed by atoms with Crippen molar-refractivity contribution in [3.63, 3.8) is 0 Å². The van der Waals surface area contributed by atoms with Gasteiger partial charge in [-0.1, -0.05) is 117 Å². The second-order valence-electron chi connectivity index (χ2n) is 18.6. The first-order valence-corrected chi connectivity index (χ1v) is 26.7. The van der Waals surface area contributed by atoms with Crippen molar-refractivity contribution < 1.29 is 17.9 Å². The summed E-state index contributed by atoms with van der Waals surface area (Å²) in [5, 5.41) is 5.31. The van der Waals surface area contributed by atoms with Crippen LogP contribution in [0.4, 0.5) is 4.79 Å². The number of thiazole rings is 3. The highest BCUT2D eigenvalue weighted by Gasteiger charge is 2.22. The van der Waals surface area contributed by atoms with Crippen molar-refractivity contribution in [2.24, 2.45) is 5.73 Å². The normalized spacial score (nSPS) is 11.7. The Hall–Kier alpha value is -2.80. The number of carbonyl (C=O) groups is 1. The lowest BCUT2D eigenvalue weighted by Gasteiger charge is -2.19. The summed E-state index contributed by atoms with van der Waals surface area (Å²) >= 11 is 13.7. The molecule has 6 rings (SSSR count). The summed E-state index contributed by atoms with van der Waals surface area (Å²) in [5.41, 5.74) is 9.31. The molecule has 3 aromatic heterocycles. The topological polar surface area (TPSA) is 137 Å². The van der Waals surface area contributed by atoms with Gasteiger partial charge >= 0.3 is 6.09 Å². The number of thiol groups is 1. The van der Waals surface area contributed by atoms with E-state index in [0.717, 1.165) is 37.0 Å². The Morgan fingerprint density at radius 3 is 1.60 bits per heavy atom. The molecule has 65 heavy (non-hydrogen) atoms. The number of hydrogen-bond acceptors (Lipinski definition) is 13. The van der Waals surface area contributed by atoms with Crippen molar-refractivity contribution in [2.45, 2.75) is 154 Å². The van der Waals surface area contributed by atoms with Crippen LogP contribution in [-0.4, -0.2) is 35.1 Å². The third-order valence-corrected chi connectivity index (χ3v) is 16.1. The molecule has 0 spiro atoms. The lowest BCUT2D eigenvalue weighted by Crippen LogP contribution is -2.32. The second-order valence-corrected chi connectivity index (χ2v) is 27.4. The average Bonchev–Trinajstić information content (AvgIpc) is 3.98. The molecule has 0 bridgehead atoms. The van der Waals surface area contributed by atoms with Crippen molar-refractivity contribution >= 4 is 103 Å². The van der Waals surface area contributed by atoms with Gasteiger partial charge < -0.3 is 15.8 Å². The zero-order valence-electron chi connectivity index (χ0n) is 39.6. The number of benzene rings is 3. The molecule has 9 nitrogen and oxygen atoms in total. The highest BCUT2D eigenvalue weighted by atomic mass is 79.9. The Morgan fingerprint density at radius 2 is 1.18 bits per heavy atom. The number of nitrogens with zero attached hydrogens (tertiary/aromatic N) is 3. The quantitative estimate of drug-likeness (QED) is 0.127. The van der Waals surface area contributed by atoms with Crippen LogP contribution >= 0.6 is 86.7 Å². The summed E-state index contributed by atoms with van der Waals surface area (Å²) in [6.07, 6.45) is 5.66. The summed E-state index contributed by atoms with van der Waals surface area (Å²) < 4.78 is 32.4. The Morgan fingerprint density at radius 1 is 0.708 bits per heavy atom. The van der Waals surface area contributed by atoms with E-state index < -0.39 is 21.5 Å². The van der Waals surface area contributed by atoms with E-state index in [-0.39, 0.29) is 44.3 Å². The molecule has 0 aliphatic heterocycles. The van der Waals surface area contributed by atoms with E-state index in [2.05, 4.69) is 154 Å². The molecule has 0 saturated carbocycles. The van der Waals surface area contributed by atoms with E-state index in [1.165, 1.54) is 42.8 Å². The molecule has 0 aliphatic carbocycles. The van der Waals surface area contributed by atoms with Crippen LogP contribution in [0.25, 0.3) is 0 Å². The smallest absolute Gasteiger partial charge is 0.408 e. The summed E-state index contributed by atoms with van der Waals surface area (Å²) in [5.74, 6) is 0. The molecule has 17 heteroatoms. The molecule has 3 heterocycles. The minimum atomic E-state index is -3.49. The maximum atomic E-state index is 12.5. The molecular formula is C48H65BrClN5O4S6. The van der Waals surface area contributed by atoms with Gasteiger partial charge in [0.15, 0.2) is 0 Å². The van der Waals surface area contributed by atoms with Crippen molar-refractivity contribution in [1.29, 1.82) is 0 Å². The van der Waals surface area contributed by atoms with E-state index in [1.54, 1.807) is 41.4 Å². The van der Waals surface area contributed by atoms with Crippen molar-refractivity contribution in [3.05, 3.63) is 127 Å². The predicted molar refractivity (Wildman–Crippen MR) is 284 cm³/mol. The van der Waals surface area contributed by atoms with Gasteiger partial charge in [0.05, 0.1) is 43.0 Å². The summed E-state index contributed by atoms with van der Waals surface area (Å²) in [6, 6.07) is 24.2. The molecule has 0 unspecified atom stereocenters. The molecule has 6 aromatic rings. The summed E-state index contributed by atoms with van der Waals surface area (Å²) in [6.45, 7) is 27.9. The van der Waals surface area contributed by atoms with Gasteiger partial charge in [-0.2, -0.15) is 0 Å². The molecule has 0 atom stereocenters. The number of amides is 1. The van der Waals surface area contributed by atoms with Crippen LogP contribution in [0.3, 0.4) is 0 Å². The Labute approximate surface area is 424 Å². The summed E-state index contributed by atoms with van der Waals surface area (Å²) in [4.78, 5) is 26.3. The lowest BCUT2D eigenvalue weighted by atomic mass is 9.87. The maximum absolute atomic E-state index is 12.5. The monoisotopic (exact) mass is 1080 g/mol. The SMILES string of the molecule is CC(C)(C)OC(=O)NCc1ncc(Br)s1.CC(C)(C)c1ccc(S(=O)(=O)c2cnc(CN)s2)cc1.CC(C)(C)c1ccc(S)cc1.CCc1ncc(Sc2ccc(C(C)(C)C)cc2)s1.Cl. The molecule has 1 amide bonds. The zero-order valence-corrected chi connectivity index (χ0v) is 47.0. The Bertz CT molecular complexity index is 2460. The van der Waals surface area contributed by atoms with Crippen LogP contribution in [0.2, 0.25) is 0 Å². The van der Waals surface area contributed by atoms with Gasteiger partial charge in [-0.15, -0.1) is 59.0 Å². The van der Waals surface area contributed by atoms with Gasteiger partial charge in [-0.05, 0) is 112 Å². The number of alkyl carbamates (subject to hydrolysis) is 1. The zero-order chi connectivity index (χ0) is 48.1. The first-order chi connectivity index (χ1) is 29.6. The van der Waals surface area contributed by atoms with Crippen LogP contribution in [0.1, 0.15) is 122 Å².